The van der Waals surface area contributed by atoms with Gasteiger partial charge in [0.2, 0.25) is 5.88 Å². The molecular weight excluding hydrogens is 332 g/mol. The van der Waals surface area contributed by atoms with Crippen LogP contribution in [0.3, 0.4) is 0 Å². The molecule has 0 radical (unpaired) electrons. The van der Waals surface area contributed by atoms with Crippen molar-refractivity contribution in [1.82, 2.24) is 19.4 Å². The van der Waals surface area contributed by atoms with Crippen molar-refractivity contribution in [3.8, 4) is 17.1 Å². The molecule has 0 saturated carbocycles. The Bertz CT molecular complexity index is 961. The number of hydrogen-bond acceptors (Lipinski definition) is 5. The summed E-state index contributed by atoms with van der Waals surface area (Å²) in [5, 5.41) is 0.878. The molecule has 0 aliphatic carbocycles. The third-order valence-corrected chi connectivity index (χ3v) is 4.52. The quantitative estimate of drug-likeness (QED) is 0.722. The predicted molar refractivity (Wildman–Crippen MR) is 97.2 cm³/mol. The molecule has 1 aliphatic rings. The molecular formula is C19H20N4O3. The summed E-state index contributed by atoms with van der Waals surface area (Å²) in [6.07, 6.45) is 3.68. The van der Waals surface area contributed by atoms with Gasteiger partial charge in [0.1, 0.15) is 0 Å². The van der Waals surface area contributed by atoms with Crippen LogP contribution in [-0.2, 0) is 11.8 Å². The number of carbonyl (C=O) groups is 1. The standard InChI is InChI=1S/C19H20N4O3/c1-22-11-17(20-12-22)15-10-18(25-2)21-16-4-3-13(9-14(15)16)19(24)23-5-7-26-8-6-23/h3-4,9-12H,5-8H2,1-2H3. The van der Waals surface area contributed by atoms with Crippen LogP contribution >= 0.6 is 0 Å². The molecule has 1 aliphatic heterocycles. The summed E-state index contributed by atoms with van der Waals surface area (Å²) in [6.45, 7) is 2.39. The average Bonchev–Trinajstić information content (AvgIpc) is 3.13. The zero-order valence-electron chi connectivity index (χ0n) is 14.8. The Morgan fingerprint density at radius 3 is 2.73 bits per heavy atom. The number of aromatic nitrogens is 3. The lowest BCUT2D eigenvalue weighted by Gasteiger charge is -2.27. The lowest BCUT2D eigenvalue weighted by Crippen LogP contribution is -2.40. The summed E-state index contributed by atoms with van der Waals surface area (Å²) < 4.78 is 12.5. The number of rotatable bonds is 3. The second-order valence-corrected chi connectivity index (χ2v) is 6.27. The van der Waals surface area contributed by atoms with Gasteiger partial charge in [-0.15, -0.1) is 0 Å². The molecule has 26 heavy (non-hydrogen) atoms. The Balaban J connectivity index is 1.82. The highest BCUT2D eigenvalue weighted by Crippen LogP contribution is 2.31. The van der Waals surface area contributed by atoms with Gasteiger partial charge in [0, 0.05) is 48.9 Å². The van der Waals surface area contributed by atoms with Crippen molar-refractivity contribution < 1.29 is 14.3 Å². The van der Waals surface area contributed by atoms with E-state index >= 15 is 0 Å². The van der Waals surface area contributed by atoms with Gasteiger partial charge in [-0.25, -0.2) is 9.97 Å². The molecule has 134 valence electrons. The van der Waals surface area contributed by atoms with Crippen molar-refractivity contribution in [2.75, 3.05) is 33.4 Å². The molecule has 4 rings (SSSR count). The Morgan fingerprint density at radius 2 is 2.04 bits per heavy atom. The van der Waals surface area contributed by atoms with Crippen molar-refractivity contribution in [2.24, 2.45) is 7.05 Å². The van der Waals surface area contributed by atoms with E-state index in [1.165, 1.54) is 0 Å². The number of aryl methyl sites for hydroxylation is 1. The first kappa shape index (κ1) is 16.5. The molecule has 1 aromatic carbocycles. The number of nitrogens with zero attached hydrogens (tertiary/aromatic N) is 4. The SMILES string of the molecule is COc1cc(-c2cn(C)cn2)c2cc(C(=O)N3CCOCC3)ccc2n1. The molecule has 0 bridgehead atoms. The second-order valence-electron chi connectivity index (χ2n) is 6.27. The maximum absolute atomic E-state index is 12.8. The molecule has 3 aromatic rings. The maximum Gasteiger partial charge on any atom is 0.254 e. The van der Waals surface area contributed by atoms with Gasteiger partial charge >= 0.3 is 0 Å². The first-order valence-corrected chi connectivity index (χ1v) is 8.50. The van der Waals surface area contributed by atoms with Gasteiger partial charge in [-0.3, -0.25) is 4.79 Å². The number of hydrogen-bond donors (Lipinski definition) is 0. The smallest absolute Gasteiger partial charge is 0.254 e. The maximum atomic E-state index is 12.8. The number of morpholine rings is 1. The van der Waals surface area contributed by atoms with E-state index in [2.05, 4.69) is 9.97 Å². The van der Waals surface area contributed by atoms with E-state index in [9.17, 15) is 4.79 Å². The van der Waals surface area contributed by atoms with Gasteiger partial charge in [0.05, 0.1) is 37.9 Å². The van der Waals surface area contributed by atoms with Crippen LogP contribution in [0.1, 0.15) is 10.4 Å². The van der Waals surface area contributed by atoms with E-state index in [4.69, 9.17) is 9.47 Å². The Morgan fingerprint density at radius 1 is 1.23 bits per heavy atom. The van der Waals surface area contributed by atoms with Crippen molar-refractivity contribution in [3.63, 3.8) is 0 Å². The van der Waals surface area contributed by atoms with Gasteiger partial charge in [-0.05, 0) is 18.2 Å². The van der Waals surface area contributed by atoms with Gasteiger partial charge < -0.3 is 18.9 Å². The third kappa shape index (κ3) is 3.01. The molecule has 7 nitrogen and oxygen atoms in total. The molecule has 1 saturated heterocycles. The molecule has 1 amide bonds. The Kier molecular flexibility index (Phi) is 4.30. The highest BCUT2D eigenvalue weighted by Gasteiger charge is 2.20. The van der Waals surface area contributed by atoms with Gasteiger partial charge in [-0.2, -0.15) is 0 Å². The normalized spacial score (nSPS) is 14.6. The first-order valence-electron chi connectivity index (χ1n) is 8.50. The van der Waals surface area contributed by atoms with Crippen molar-refractivity contribution >= 4 is 16.8 Å². The van der Waals surface area contributed by atoms with Crippen LogP contribution in [0.2, 0.25) is 0 Å². The van der Waals surface area contributed by atoms with E-state index < -0.39 is 0 Å². The lowest BCUT2D eigenvalue weighted by atomic mass is 10.0. The van der Waals surface area contributed by atoms with Gasteiger partial charge in [0.25, 0.3) is 5.91 Å². The molecule has 2 aromatic heterocycles. The van der Waals surface area contributed by atoms with Crippen LogP contribution in [-0.4, -0.2) is 58.8 Å². The molecule has 1 fully saturated rings. The van der Waals surface area contributed by atoms with Gasteiger partial charge in [0.15, 0.2) is 0 Å². The summed E-state index contributed by atoms with van der Waals surface area (Å²) >= 11 is 0. The summed E-state index contributed by atoms with van der Waals surface area (Å²) in [7, 11) is 3.51. The van der Waals surface area contributed by atoms with E-state index in [1.54, 1.807) is 13.4 Å². The largest absolute Gasteiger partial charge is 0.481 e. The number of carbonyl (C=O) groups excluding carboxylic acids is 1. The van der Waals surface area contributed by atoms with E-state index in [0.717, 1.165) is 22.2 Å². The topological polar surface area (TPSA) is 69.5 Å². The summed E-state index contributed by atoms with van der Waals surface area (Å²) in [6, 6.07) is 7.42. The predicted octanol–water partition coefficient (Wildman–Crippen LogP) is 2.12. The number of imidazole rings is 1. The summed E-state index contributed by atoms with van der Waals surface area (Å²) in [5.74, 6) is 0.531. The minimum atomic E-state index is 0.0120. The van der Waals surface area contributed by atoms with E-state index in [0.29, 0.717) is 37.7 Å². The lowest BCUT2D eigenvalue weighted by molar-refractivity contribution is 0.0303. The average molecular weight is 352 g/mol. The minimum absolute atomic E-state index is 0.0120. The van der Waals surface area contributed by atoms with E-state index in [-0.39, 0.29) is 5.91 Å². The highest BCUT2D eigenvalue weighted by atomic mass is 16.5. The zero-order chi connectivity index (χ0) is 18.1. The van der Waals surface area contributed by atoms with Crippen LogP contribution in [0.4, 0.5) is 0 Å². The number of fused-ring (bicyclic) bond motifs is 1. The fraction of sp³-hybridized carbons (Fsp3) is 0.316. The van der Waals surface area contributed by atoms with Gasteiger partial charge in [-0.1, -0.05) is 0 Å². The van der Waals surface area contributed by atoms with Crippen molar-refractivity contribution in [2.45, 2.75) is 0 Å². The Labute approximate surface area is 151 Å². The van der Waals surface area contributed by atoms with Crippen LogP contribution in [0, 0.1) is 0 Å². The zero-order valence-corrected chi connectivity index (χ0v) is 14.8. The molecule has 7 heteroatoms. The first-order chi connectivity index (χ1) is 12.7. The highest BCUT2D eigenvalue weighted by molar-refractivity contribution is 6.02. The molecule has 0 N–H and O–H groups in total. The van der Waals surface area contributed by atoms with Crippen LogP contribution < -0.4 is 4.74 Å². The summed E-state index contributed by atoms with van der Waals surface area (Å²) in [5.41, 5.74) is 3.12. The third-order valence-electron chi connectivity index (χ3n) is 4.52. The number of methoxy groups -OCH3 is 1. The van der Waals surface area contributed by atoms with Crippen molar-refractivity contribution in [1.29, 1.82) is 0 Å². The Hall–Kier alpha value is -2.93. The number of benzene rings is 1. The fourth-order valence-corrected chi connectivity index (χ4v) is 3.15. The monoisotopic (exact) mass is 352 g/mol. The van der Waals surface area contributed by atoms with Crippen LogP contribution in [0.5, 0.6) is 5.88 Å². The van der Waals surface area contributed by atoms with E-state index in [1.807, 2.05) is 47.0 Å². The number of pyridine rings is 1. The molecule has 0 spiro atoms. The van der Waals surface area contributed by atoms with Crippen LogP contribution in [0.15, 0.2) is 36.8 Å². The number of ether oxygens (including phenoxy) is 2. The second kappa shape index (κ2) is 6.76. The fourth-order valence-electron chi connectivity index (χ4n) is 3.15. The minimum Gasteiger partial charge on any atom is -0.481 e. The van der Waals surface area contributed by atoms with Crippen LogP contribution in [0.25, 0.3) is 22.2 Å². The van der Waals surface area contributed by atoms with Crippen molar-refractivity contribution in [3.05, 3.63) is 42.4 Å². The molecule has 0 atom stereocenters. The molecule has 3 heterocycles. The number of amides is 1. The summed E-state index contributed by atoms with van der Waals surface area (Å²) in [4.78, 5) is 23.6. The molecule has 0 unspecified atom stereocenters.